The van der Waals surface area contributed by atoms with Crippen LogP contribution in [-0.2, 0) is 38.0 Å². The largest absolute Gasteiger partial charge is 0.479 e. The van der Waals surface area contributed by atoms with Crippen molar-refractivity contribution in [1.29, 1.82) is 0 Å². The van der Waals surface area contributed by atoms with Crippen molar-refractivity contribution in [3.05, 3.63) is 24.3 Å². The molecule has 0 aliphatic carbocycles. The molecule has 5 N–H and O–H groups in total. The average molecular weight is 837 g/mol. The Labute approximate surface area is 347 Å². The predicted octanol–water partition coefficient (Wildman–Crippen LogP) is 5.14. The van der Waals surface area contributed by atoms with E-state index in [1.807, 2.05) is 0 Å². The summed E-state index contributed by atoms with van der Waals surface area (Å²) >= 11 is 1.72. The zero-order valence-electron chi connectivity index (χ0n) is 35.0. The number of fused-ring (bicyclic) bond motifs is 3. The van der Waals surface area contributed by atoms with E-state index in [4.69, 9.17) is 33.2 Å². The lowest BCUT2D eigenvalue weighted by atomic mass is 9.79. The zero-order chi connectivity index (χ0) is 41.4. The van der Waals surface area contributed by atoms with Gasteiger partial charge in [0.25, 0.3) is 0 Å². The first-order valence-corrected chi connectivity index (χ1v) is 23.0. The van der Waals surface area contributed by atoms with Crippen LogP contribution in [0.25, 0.3) is 0 Å². The third-order valence-electron chi connectivity index (χ3n) is 14.9. The van der Waals surface area contributed by atoms with E-state index in [0.717, 1.165) is 51.6 Å². The van der Waals surface area contributed by atoms with Crippen LogP contribution in [0.1, 0.15) is 125 Å². The average Bonchev–Trinajstić information content (AvgIpc) is 3.74. The van der Waals surface area contributed by atoms with Crippen LogP contribution in [0.15, 0.2) is 24.3 Å². The molecule has 3 spiro atoms. The molecule has 58 heavy (non-hydrogen) atoms. The molecule has 0 aromatic carbocycles. The number of carboxylic acid groups (broad SMARTS) is 1. The van der Waals surface area contributed by atoms with Crippen LogP contribution in [0.3, 0.4) is 0 Å². The standard InChI is InChI=1S/C44H68O13S/c1-24(32-23-41(6)38(58-41)44(55-32)33(46)12-11-29(54-44)22-40(5,50)39(48)49)9-10-28-14-18-43(53-28)19-15-31-37(57-43)34(47)27(4)36(52-31)30(45)21-26(3)35-25(2)13-17-42(56-35)16-7-8-20-51-42/h9-10,24-26,28-38,45-47,50H,4,7-8,11-23H2,1-3,5-6H3,(H,48,49)/b10-9+/t24-,25-,26+,28+,29+,30-,31-,32+,33-,34-,35+,36+,37-,38-,40-,41-,42+,43-,44+/m1/s1. The van der Waals surface area contributed by atoms with Gasteiger partial charge in [-0.05, 0) is 89.0 Å². The Morgan fingerprint density at radius 3 is 2.50 bits per heavy atom. The fraction of sp³-hybridized carbons (Fsp3) is 0.886. The van der Waals surface area contributed by atoms with E-state index in [1.165, 1.54) is 6.92 Å². The van der Waals surface area contributed by atoms with Gasteiger partial charge in [-0.15, -0.1) is 11.8 Å². The van der Waals surface area contributed by atoms with Gasteiger partial charge in [-0.2, -0.15) is 0 Å². The molecule has 0 bridgehead atoms. The highest BCUT2D eigenvalue weighted by molar-refractivity contribution is 8.08. The molecule has 8 saturated heterocycles. The van der Waals surface area contributed by atoms with Crippen molar-refractivity contribution in [2.45, 2.75) is 219 Å². The lowest BCUT2D eigenvalue weighted by Gasteiger charge is -2.50. The Morgan fingerprint density at radius 1 is 1.00 bits per heavy atom. The van der Waals surface area contributed by atoms with Crippen molar-refractivity contribution < 1.29 is 63.5 Å². The summed E-state index contributed by atoms with van der Waals surface area (Å²) in [5.74, 6) is -3.61. The fourth-order valence-corrected chi connectivity index (χ4v) is 12.7. The van der Waals surface area contributed by atoms with Gasteiger partial charge in [0.2, 0.25) is 5.79 Å². The molecule has 8 rings (SSSR count). The lowest BCUT2D eigenvalue weighted by molar-refractivity contribution is -0.350. The number of hydrogen-bond acceptors (Lipinski definition) is 13. The van der Waals surface area contributed by atoms with Crippen LogP contribution in [0, 0.1) is 17.8 Å². The number of carboxylic acids is 1. The Hall–Kier alpha value is -1.14. The van der Waals surface area contributed by atoms with Gasteiger partial charge in [-0.1, -0.05) is 39.5 Å². The van der Waals surface area contributed by atoms with E-state index in [-0.39, 0.29) is 46.6 Å². The van der Waals surface area contributed by atoms with Crippen molar-refractivity contribution in [1.82, 2.24) is 0 Å². The second kappa shape index (κ2) is 16.2. The SMILES string of the molecule is C=C1[C@@H](O)[C@@H]2O[C@]3(CC[C@H](/C=C/[C@@H](C)[C@@H]4C[C@@]5(C)S[C@H]5[C@@]5(O[C@H](C[C@@](C)(O)C(=O)O)CC[C@H]5O)O4)O3)CC[C@H]2O[C@@H]1[C@H](O)C[C@H](C)[C@H]1O[C@@]2(CCCCO2)CC[C@H]1C. The molecule has 8 aliphatic rings. The molecule has 19 atom stereocenters. The Bertz CT molecular complexity index is 1550. The fourth-order valence-electron chi connectivity index (χ4n) is 11.3. The maximum absolute atomic E-state index is 11.7. The molecule has 0 aromatic rings. The Morgan fingerprint density at radius 2 is 1.76 bits per heavy atom. The van der Waals surface area contributed by atoms with E-state index in [1.54, 1.807) is 11.8 Å². The number of aliphatic carboxylic acids is 1. The maximum Gasteiger partial charge on any atom is 0.335 e. The summed E-state index contributed by atoms with van der Waals surface area (Å²) in [4.78, 5) is 11.7. The van der Waals surface area contributed by atoms with E-state index in [2.05, 4.69) is 46.4 Å². The van der Waals surface area contributed by atoms with Crippen molar-refractivity contribution >= 4 is 17.7 Å². The molecule has 0 aromatic heterocycles. The smallest absolute Gasteiger partial charge is 0.335 e. The van der Waals surface area contributed by atoms with Crippen LogP contribution in [0.5, 0.6) is 0 Å². The number of ether oxygens (including phenoxy) is 7. The monoisotopic (exact) mass is 836 g/mol. The molecule has 328 valence electrons. The highest BCUT2D eigenvalue weighted by Gasteiger charge is 2.72. The molecule has 8 aliphatic heterocycles. The zero-order valence-corrected chi connectivity index (χ0v) is 35.8. The van der Waals surface area contributed by atoms with Crippen LogP contribution in [0.4, 0.5) is 0 Å². The van der Waals surface area contributed by atoms with Crippen molar-refractivity contribution in [3.8, 4) is 0 Å². The number of aliphatic hydroxyl groups excluding tert-OH is 3. The topological polar surface area (TPSA) is 183 Å². The van der Waals surface area contributed by atoms with Gasteiger partial charge in [0.05, 0.1) is 48.5 Å². The highest BCUT2D eigenvalue weighted by atomic mass is 32.2. The minimum absolute atomic E-state index is 0.0406. The van der Waals surface area contributed by atoms with Gasteiger partial charge in [-0.25, -0.2) is 4.79 Å². The Balaban J connectivity index is 0.852. The normalized spacial score (nSPS) is 49.3. The highest BCUT2D eigenvalue weighted by Crippen LogP contribution is 2.67. The molecule has 13 nitrogen and oxygen atoms in total. The van der Waals surface area contributed by atoms with E-state index < -0.39 is 71.7 Å². The molecular formula is C44H68O13S. The van der Waals surface area contributed by atoms with Crippen LogP contribution in [-0.4, -0.2) is 132 Å². The summed E-state index contributed by atoms with van der Waals surface area (Å²) < 4.78 is 45.6. The summed E-state index contributed by atoms with van der Waals surface area (Å²) in [5.41, 5.74) is -1.52. The lowest BCUT2D eigenvalue weighted by Crippen LogP contribution is -2.63. The summed E-state index contributed by atoms with van der Waals surface area (Å²) in [5, 5.41) is 54.3. The number of thioether (sulfide) groups is 1. The van der Waals surface area contributed by atoms with Crippen LogP contribution < -0.4 is 0 Å². The second-order valence-electron chi connectivity index (χ2n) is 19.7. The summed E-state index contributed by atoms with van der Waals surface area (Å²) in [6.45, 7) is 14.8. The van der Waals surface area contributed by atoms with E-state index >= 15 is 0 Å². The van der Waals surface area contributed by atoms with Crippen molar-refractivity contribution in [2.75, 3.05) is 6.61 Å². The molecule has 0 amide bonds. The molecule has 8 fully saturated rings. The van der Waals surface area contributed by atoms with Crippen molar-refractivity contribution in [3.63, 3.8) is 0 Å². The van der Waals surface area contributed by atoms with Gasteiger partial charge in [0, 0.05) is 42.8 Å². The number of carbonyl (C=O) groups is 1. The van der Waals surface area contributed by atoms with Gasteiger partial charge < -0.3 is 58.7 Å². The molecule has 14 heteroatoms. The van der Waals surface area contributed by atoms with Gasteiger partial charge in [-0.3, -0.25) is 0 Å². The number of aliphatic hydroxyl groups is 4. The van der Waals surface area contributed by atoms with Crippen LogP contribution >= 0.6 is 11.8 Å². The molecule has 8 heterocycles. The van der Waals surface area contributed by atoms with Gasteiger partial charge in [0.15, 0.2) is 17.2 Å². The minimum atomic E-state index is -1.95. The van der Waals surface area contributed by atoms with Crippen molar-refractivity contribution in [2.24, 2.45) is 17.8 Å². The first-order chi connectivity index (χ1) is 27.4. The van der Waals surface area contributed by atoms with Gasteiger partial charge >= 0.3 is 5.97 Å². The van der Waals surface area contributed by atoms with Gasteiger partial charge in [0.1, 0.15) is 24.4 Å². The van der Waals surface area contributed by atoms with Crippen LogP contribution in [0.2, 0.25) is 0 Å². The molecule has 0 unspecified atom stereocenters. The first kappa shape index (κ1) is 43.5. The third kappa shape index (κ3) is 8.25. The minimum Gasteiger partial charge on any atom is -0.479 e. The third-order valence-corrected chi connectivity index (χ3v) is 16.7. The molecular weight excluding hydrogens is 769 g/mol. The van der Waals surface area contributed by atoms with E-state index in [0.29, 0.717) is 50.0 Å². The van der Waals surface area contributed by atoms with E-state index in [9.17, 15) is 30.3 Å². The summed E-state index contributed by atoms with van der Waals surface area (Å²) in [7, 11) is 0. The quantitative estimate of drug-likeness (QED) is 0.144. The number of rotatable bonds is 10. The first-order valence-electron chi connectivity index (χ1n) is 22.1. The number of hydrogen-bond donors (Lipinski definition) is 5. The summed E-state index contributed by atoms with van der Waals surface area (Å²) in [6, 6.07) is 0. The Kier molecular flexibility index (Phi) is 12.2. The second-order valence-corrected chi connectivity index (χ2v) is 21.3. The molecule has 0 radical (unpaired) electrons. The predicted molar refractivity (Wildman–Crippen MR) is 214 cm³/mol. The molecule has 0 saturated carbocycles. The maximum atomic E-state index is 11.7. The summed E-state index contributed by atoms with van der Waals surface area (Å²) in [6.07, 6.45) is 8.13.